The minimum atomic E-state index is -1.20. The van der Waals surface area contributed by atoms with Crippen LogP contribution in [0.25, 0.3) is 11.0 Å². The van der Waals surface area contributed by atoms with Crippen molar-refractivity contribution in [3.8, 4) is 0 Å². The minimum Gasteiger partial charge on any atom is -0.480 e. The van der Waals surface area contributed by atoms with Gasteiger partial charge in [-0.2, -0.15) is 4.98 Å². The number of unbranched alkanes of at least 4 members (excludes halogenated alkanes) is 2. The van der Waals surface area contributed by atoms with Gasteiger partial charge in [-0.1, -0.05) is 38.0 Å². The summed E-state index contributed by atoms with van der Waals surface area (Å²) < 4.78 is 2.18. The standard InChI is InChI=1S/C33H49N9O5S/c1-3-4-5-9-37-30-29-26(38-33(35)39-30)8-11-42(29)20-24-7-6-23(17-22(24)2)19-41-15-13-40(14-16-41)12-10-36-28(43)18-27(32(46)47)48-21-25(34)31(44)45/h6-8,11,17,25,27H,3-5,9-10,12-16,18-21,34H2,1-2H3,(H,36,43)(H,44,45)(H,46,47)(H3,35,37,38,39)/t25-,27-/m0/s1. The molecule has 0 spiro atoms. The zero-order chi connectivity index (χ0) is 34.6. The normalized spacial score (nSPS) is 15.3. The second-order valence-corrected chi connectivity index (χ2v) is 13.5. The lowest BCUT2D eigenvalue weighted by atomic mass is 10.0. The molecule has 0 radical (unpaired) electrons. The Morgan fingerprint density at radius 3 is 2.44 bits per heavy atom. The fourth-order valence-electron chi connectivity index (χ4n) is 5.71. The number of rotatable bonds is 19. The lowest BCUT2D eigenvalue weighted by molar-refractivity contribution is -0.139. The van der Waals surface area contributed by atoms with Crippen LogP contribution in [0, 0.1) is 6.92 Å². The first-order valence-corrected chi connectivity index (χ1v) is 17.6. The monoisotopic (exact) mass is 683 g/mol. The third-order valence-electron chi connectivity index (χ3n) is 8.51. The van der Waals surface area contributed by atoms with E-state index < -0.39 is 23.2 Å². The maximum Gasteiger partial charge on any atom is 0.321 e. The van der Waals surface area contributed by atoms with Crippen LogP contribution in [0.15, 0.2) is 30.5 Å². The first kappa shape index (κ1) is 36.9. The summed E-state index contributed by atoms with van der Waals surface area (Å²) in [5.41, 5.74) is 17.0. The van der Waals surface area contributed by atoms with Crippen LogP contribution in [-0.2, 0) is 27.5 Å². The quantitative estimate of drug-likeness (QED) is 0.100. The molecule has 2 atom stereocenters. The molecule has 1 fully saturated rings. The summed E-state index contributed by atoms with van der Waals surface area (Å²) in [5, 5.41) is 23.5. The highest BCUT2D eigenvalue weighted by molar-refractivity contribution is 8.00. The SMILES string of the molecule is CCCCCNc1nc(N)nc2ccn(Cc3ccc(CN4CCN(CCNC(=O)C[C@H](SC[C@H](N)C(=O)O)C(=O)O)CC4)cc3C)c12. The Labute approximate surface area is 285 Å². The molecule has 0 bridgehead atoms. The van der Waals surface area contributed by atoms with E-state index in [9.17, 15) is 19.5 Å². The van der Waals surface area contributed by atoms with E-state index in [0.717, 1.165) is 87.1 Å². The number of nitrogens with zero attached hydrogens (tertiary/aromatic N) is 5. The first-order valence-electron chi connectivity index (χ1n) is 16.5. The summed E-state index contributed by atoms with van der Waals surface area (Å²) in [6.45, 7) is 11.4. The number of carbonyl (C=O) groups is 3. The number of aliphatic carboxylic acids is 2. The van der Waals surface area contributed by atoms with Gasteiger partial charge < -0.3 is 36.9 Å². The van der Waals surface area contributed by atoms with E-state index in [-0.39, 0.29) is 24.0 Å². The number of hydrogen-bond acceptors (Lipinski definition) is 11. The molecule has 1 aliphatic heterocycles. The number of nitrogen functional groups attached to an aromatic ring is 1. The highest BCUT2D eigenvalue weighted by atomic mass is 32.2. The molecule has 1 amide bonds. The number of amides is 1. The average molecular weight is 684 g/mol. The number of nitrogens with one attached hydrogen (secondary N) is 2. The number of aryl methyl sites for hydroxylation is 1. The molecule has 2 aromatic heterocycles. The molecule has 262 valence electrons. The van der Waals surface area contributed by atoms with Gasteiger partial charge >= 0.3 is 11.9 Å². The Bertz CT molecular complexity index is 1540. The number of carboxylic acid groups (broad SMARTS) is 2. The Morgan fingerprint density at radius 2 is 1.75 bits per heavy atom. The van der Waals surface area contributed by atoms with Crippen LogP contribution in [0.3, 0.4) is 0 Å². The summed E-state index contributed by atoms with van der Waals surface area (Å²) in [4.78, 5) is 48.4. The lowest BCUT2D eigenvalue weighted by Crippen LogP contribution is -2.48. The highest BCUT2D eigenvalue weighted by Crippen LogP contribution is 2.25. The molecule has 1 aromatic carbocycles. The van der Waals surface area contributed by atoms with Gasteiger partial charge in [-0.25, -0.2) is 4.98 Å². The van der Waals surface area contributed by atoms with E-state index in [4.69, 9.17) is 16.6 Å². The Hall–Kier alpha value is -3.92. The summed E-state index contributed by atoms with van der Waals surface area (Å²) >= 11 is 0.869. The average Bonchev–Trinajstić information content (AvgIpc) is 3.45. The molecule has 0 unspecified atom stereocenters. The number of nitrogens with two attached hydrogens (primary N) is 2. The van der Waals surface area contributed by atoms with Crippen LogP contribution >= 0.6 is 11.8 Å². The van der Waals surface area contributed by atoms with Crippen molar-refractivity contribution >= 4 is 52.4 Å². The predicted molar refractivity (Wildman–Crippen MR) is 189 cm³/mol. The van der Waals surface area contributed by atoms with Crippen LogP contribution in [-0.4, -0.2) is 115 Å². The van der Waals surface area contributed by atoms with Crippen LogP contribution in [0.1, 0.15) is 49.3 Å². The van der Waals surface area contributed by atoms with Gasteiger partial charge in [0.05, 0.1) is 5.52 Å². The summed E-state index contributed by atoms with van der Waals surface area (Å²) in [5.74, 6) is -1.78. The third kappa shape index (κ3) is 10.8. The Kier molecular flexibility index (Phi) is 13.8. The van der Waals surface area contributed by atoms with Crippen molar-refractivity contribution in [2.75, 3.05) is 62.6 Å². The molecular weight excluding hydrogens is 634 g/mol. The number of aromatic nitrogens is 3. The first-order chi connectivity index (χ1) is 23.0. The predicted octanol–water partition coefficient (Wildman–Crippen LogP) is 2.19. The molecule has 1 aliphatic rings. The Balaban J connectivity index is 1.22. The van der Waals surface area contributed by atoms with Crippen LogP contribution in [0.2, 0.25) is 0 Å². The fourth-order valence-corrected chi connectivity index (χ4v) is 6.70. The maximum atomic E-state index is 12.3. The molecule has 48 heavy (non-hydrogen) atoms. The van der Waals surface area contributed by atoms with Crippen molar-refractivity contribution in [1.29, 1.82) is 0 Å². The van der Waals surface area contributed by atoms with Crippen LogP contribution in [0.4, 0.5) is 11.8 Å². The largest absolute Gasteiger partial charge is 0.480 e. The van der Waals surface area contributed by atoms with Crippen molar-refractivity contribution in [3.63, 3.8) is 0 Å². The van der Waals surface area contributed by atoms with Crippen molar-refractivity contribution in [1.82, 2.24) is 29.7 Å². The topological polar surface area (TPSA) is 205 Å². The van der Waals surface area contributed by atoms with Crippen molar-refractivity contribution in [2.24, 2.45) is 5.73 Å². The summed E-state index contributed by atoms with van der Waals surface area (Å²) in [6, 6.07) is 7.48. The highest BCUT2D eigenvalue weighted by Gasteiger charge is 2.25. The molecule has 0 aliphatic carbocycles. The van der Waals surface area contributed by atoms with Crippen molar-refractivity contribution < 1.29 is 24.6 Å². The van der Waals surface area contributed by atoms with E-state index in [1.807, 2.05) is 12.3 Å². The van der Waals surface area contributed by atoms with Crippen molar-refractivity contribution in [2.45, 2.75) is 63.9 Å². The molecule has 0 saturated carbocycles. The van der Waals surface area contributed by atoms with Gasteiger partial charge in [0.15, 0.2) is 5.82 Å². The molecule has 1 saturated heterocycles. The van der Waals surface area contributed by atoms with E-state index in [1.165, 1.54) is 16.7 Å². The van der Waals surface area contributed by atoms with Gasteiger partial charge in [-0.3, -0.25) is 24.2 Å². The number of carboxylic acids is 2. The fraction of sp³-hybridized carbons (Fsp3) is 0.545. The van der Waals surface area contributed by atoms with E-state index >= 15 is 0 Å². The molecule has 4 rings (SSSR count). The third-order valence-corrected chi connectivity index (χ3v) is 9.83. The van der Waals surface area contributed by atoms with Crippen LogP contribution in [0.5, 0.6) is 0 Å². The van der Waals surface area contributed by atoms with E-state index in [1.54, 1.807) is 0 Å². The number of thioether (sulfide) groups is 1. The number of piperazine rings is 1. The zero-order valence-electron chi connectivity index (χ0n) is 27.9. The van der Waals surface area contributed by atoms with E-state index in [0.29, 0.717) is 19.6 Å². The number of fused-ring (bicyclic) bond motifs is 1. The molecule has 15 heteroatoms. The van der Waals surface area contributed by atoms with Gasteiger partial charge in [0.1, 0.15) is 16.8 Å². The second-order valence-electron chi connectivity index (χ2n) is 12.3. The minimum absolute atomic E-state index is 0.0805. The summed E-state index contributed by atoms with van der Waals surface area (Å²) in [6.07, 6.45) is 5.20. The van der Waals surface area contributed by atoms with Gasteiger partial charge in [0, 0.05) is 77.3 Å². The van der Waals surface area contributed by atoms with E-state index in [2.05, 4.69) is 67.0 Å². The zero-order valence-corrected chi connectivity index (χ0v) is 28.7. The molecular formula is C33H49N9O5S. The maximum absolute atomic E-state index is 12.3. The lowest BCUT2D eigenvalue weighted by Gasteiger charge is -2.34. The number of benzene rings is 1. The molecule has 3 aromatic rings. The molecule has 14 nitrogen and oxygen atoms in total. The number of anilines is 2. The second kappa shape index (κ2) is 18.0. The van der Waals surface area contributed by atoms with Gasteiger partial charge in [0.2, 0.25) is 11.9 Å². The summed E-state index contributed by atoms with van der Waals surface area (Å²) in [7, 11) is 0. The smallest absolute Gasteiger partial charge is 0.321 e. The Morgan fingerprint density at radius 1 is 1.00 bits per heavy atom. The number of hydrogen-bond donors (Lipinski definition) is 6. The van der Waals surface area contributed by atoms with Gasteiger partial charge in [-0.15, -0.1) is 11.8 Å². The van der Waals surface area contributed by atoms with Crippen LogP contribution < -0.4 is 22.1 Å². The molecule has 3 heterocycles. The van der Waals surface area contributed by atoms with Crippen molar-refractivity contribution in [3.05, 3.63) is 47.2 Å². The molecule has 8 N–H and O–H groups in total. The number of carbonyl (C=O) groups excluding carboxylic acids is 1. The van der Waals surface area contributed by atoms with Gasteiger partial charge in [0.25, 0.3) is 0 Å². The van der Waals surface area contributed by atoms with Gasteiger partial charge in [-0.05, 0) is 36.1 Å².